The molecule has 0 radical (unpaired) electrons. The summed E-state index contributed by atoms with van der Waals surface area (Å²) in [7, 11) is 2.25. The second-order valence-corrected chi connectivity index (χ2v) is 6.84. The van der Waals surface area contributed by atoms with Crippen LogP contribution >= 0.6 is 0 Å². The highest BCUT2D eigenvalue weighted by molar-refractivity contribution is 5.06. The second kappa shape index (κ2) is 5.48. The Labute approximate surface area is 112 Å². The van der Waals surface area contributed by atoms with Crippen LogP contribution in [0.4, 0.5) is 0 Å². The second-order valence-electron chi connectivity index (χ2n) is 6.84. The number of ether oxygens (including phenoxy) is 1. The number of hydrogen-bond acceptors (Lipinski definition) is 3. The number of nitrogens with zero attached hydrogens (tertiary/aromatic N) is 1. The number of nitrogens with two attached hydrogens (primary N) is 1. The third-order valence-electron chi connectivity index (χ3n) is 5.47. The van der Waals surface area contributed by atoms with Crippen LogP contribution in [0.15, 0.2) is 0 Å². The summed E-state index contributed by atoms with van der Waals surface area (Å²) in [6.07, 6.45) is 8.01. The number of hydrogen-bond donors (Lipinski definition) is 1. The summed E-state index contributed by atoms with van der Waals surface area (Å²) in [5.74, 6) is 0. The van der Waals surface area contributed by atoms with Gasteiger partial charge < -0.3 is 10.5 Å². The molecule has 0 aromatic rings. The zero-order valence-corrected chi connectivity index (χ0v) is 12.4. The average molecular weight is 254 g/mol. The molecule has 1 aliphatic heterocycles. The van der Waals surface area contributed by atoms with Crippen molar-refractivity contribution in [3.8, 4) is 0 Å². The predicted octanol–water partition coefficient (Wildman–Crippen LogP) is 2.39. The van der Waals surface area contributed by atoms with Crippen LogP contribution in [-0.4, -0.2) is 43.3 Å². The van der Waals surface area contributed by atoms with Crippen LogP contribution in [-0.2, 0) is 4.74 Å². The Morgan fingerprint density at radius 2 is 2.00 bits per heavy atom. The molecule has 0 spiro atoms. The van der Waals surface area contributed by atoms with E-state index in [1.165, 1.54) is 38.5 Å². The van der Waals surface area contributed by atoms with Crippen LogP contribution in [0, 0.1) is 5.41 Å². The highest BCUT2D eigenvalue weighted by Gasteiger charge is 2.50. The molecule has 0 bridgehead atoms. The lowest BCUT2D eigenvalue weighted by atomic mass is 9.73. The predicted molar refractivity (Wildman–Crippen MR) is 75.6 cm³/mol. The lowest BCUT2D eigenvalue weighted by molar-refractivity contribution is -0.0434. The van der Waals surface area contributed by atoms with Gasteiger partial charge in [-0.2, -0.15) is 0 Å². The van der Waals surface area contributed by atoms with Crippen LogP contribution in [0.25, 0.3) is 0 Å². The normalized spacial score (nSPS) is 36.2. The maximum absolute atomic E-state index is 6.17. The van der Waals surface area contributed by atoms with E-state index in [4.69, 9.17) is 10.5 Å². The van der Waals surface area contributed by atoms with E-state index in [0.717, 1.165) is 19.7 Å². The highest BCUT2D eigenvalue weighted by atomic mass is 16.5. The van der Waals surface area contributed by atoms with Gasteiger partial charge >= 0.3 is 0 Å². The van der Waals surface area contributed by atoms with Crippen LogP contribution in [0.3, 0.4) is 0 Å². The third kappa shape index (κ3) is 2.45. The van der Waals surface area contributed by atoms with Crippen molar-refractivity contribution in [2.75, 3.05) is 26.7 Å². The Balaban J connectivity index is 2.03. The molecule has 2 fully saturated rings. The van der Waals surface area contributed by atoms with Crippen LogP contribution in [0.5, 0.6) is 0 Å². The van der Waals surface area contributed by atoms with Crippen molar-refractivity contribution in [3.05, 3.63) is 0 Å². The third-order valence-corrected chi connectivity index (χ3v) is 5.47. The first kappa shape index (κ1) is 14.3. The van der Waals surface area contributed by atoms with E-state index in [9.17, 15) is 0 Å². The van der Waals surface area contributed by atoms with Gasteiger partial charge in [-0.1, -0.05) is 20.3 Å². The van der Waals surface area contributed by atoms with Crippen molar-refractivity contribution >= 4 is 0 Å². The van der Waals surface area contributed by atoms with Gasteiger partial charge in [0.1, 0.15) is 0 Å². The summed E-state index contributed by atoms with van der Waals surface area (Å²) in [6.45, 7) is 7.51. The fourth-order valence-corrected chi connectivity index (χ4v) is 4.07. The van der Waals surface area contributed by atoms with Gasteiger partial charge in [0, 0.05) is 25.2 Å². The summed E-state index contributed by atoms with van der Waals surface area (Å²) >= 11 is 0. The van der Waals surface area contributed by atoms with E-state index in [-0.39, 0.29) is 5.54 Å². The molecular formula is C15H30N2O. The molecule has 1 saturated carbocycles. The minimum atomic E-state index is 0.174. The lowest BCUT2D eigenvalue weighted by Gasteiger charge is -2.49. The summed E-state index contributed by atoms with van der Waals surface area (Å²) in [6, 6.07) is 0. The number of rotatable bonds is 4. The standard InChI is InChI=1S/C15H30N2O/c1-14(2)8-6-9-15(14,12-16)17(3)11-13-7-4-5-10-18-13/h13H,4-12,16H2,1-3H3. The zero-order valence-electron chi connectivity index (χ0n) is 12.4. The molecule has 3 nitrogen and oxygen atoms in total. The topological polar surface area (TPSA) is 38.5 Å². The summed E-state index contributed by atoms with van der Waals surface area (Å²) in [5.41, 5.74) is 6.67. The Morgan fingerprint density at radius 3 is 2.50 bits per heavy atom. The Morgan fingerprint density at radius 1 is 1.22 bits per heavy atom. The molecule has 106 valence electrons. The molecule has 2 unspecified atom stereocenters. The maximum atomic E-state index is 6.17. The Bertz CT molecular complexity index is 274. The molecule has 2 atom stereocenters. The van der Waals surface area contributed by atoms with Gasteiger partial charge in [0.05, 0.1) is 6.10 Å². The van der Waals surface area contributed by atoms with Gasteiger partial charge in [0.25, 0.3) is 0 Å². The fourth-order valence-electron chi connectivity index (χ4n) is 4.07. The molecule has 0 aromatic carbocycles. The fraction of sp³-hybridized carbons (Fsp3) is 1.00. The molecule has 2 N–H and O–H groups in total. The molecule has 0 amide bonds. The molecule has 3 heteroatoms. The molecule has 18 heavy (non-hydrogen) atoms. The van der Waals surface area contributed by atoms with E-state index >= 15 is 0 Å². The first-order valence-electron chi connectivity index (χ1n) is 7.55. The minimum absolute atomic E-state index is 0.174. The van der Waals surface area contributed by atoms with Crippen molar-refractivity contribution < 1.29 is 4.74 Å². The zero-order chi connectivity index (χ0) is 13.2. The minimum Gasteiger partial charge on any atom is -0.377 e. The molecule has 0 aromatic heterocycles. The highest BCUT2D eigenvalue weighted by Crippen LogP contribution is 2.48. The van der Waals surface area contributed by atoms with Crippen molar-refractivity contribution in [1.82, 2.24) is 4.90 Å². The van der Waals surface area contributed by atoms with Gasteiger partial charge in [-0.3, -0.25) is 4.90 Å². The first-order chi connectivity index (χ1) is 8.52. The quantitative estimate of drug-likeness (QED) is 0.837. The average Bonchev–Trinajstić information content (AvgIpc) is 2.66. The first-order valence-corrected chi connectivity index (χ1v) is 7.55. The van der Waals surface area contributed by atoms with Gasteiger partial charge in [-0.05, 0) is 44.6 Å². The molecule has 1 aliphatic carbocycles. The summed E-state index contributed by atoms with van der Waals surface area (Å²) in [5, 5.41) is 0. The molecule has 2 rings (SSSR count). The smallest absolute Gasteiger partial charge is 0.0702 e. The Kier molecular flexibility index (Phi) is 4.35. The van der Waals surface area contributed by atoms with Crippen molar-refractivity contribution in [1.29, 1.82) is 0 Å². The SMILES string of the molecule is CN(CC1CCCCO1)C1(CN)CCCC1(C)C. The van der Waals surface area contributed by atoms with Crippen molar-refractivity contribution in [3.63, 3.8) is 0 Å². The van der Waals surface area contributed by atoms with E-state index in [2.05, 4.69) is 25.8 Å². The molecule has 2 aliphatic rings. The summed E-state index contributed by atoms with van der Waals surface area (Å²) < 4.78 is 5.88. The molecular weight excluding hydrogens is 224 g/mol. The van der Waals surface area contributed by atoms with Crippen LogP contribution in [0.2, 0.25) is 0 Å². The number of likely N-dealkylation sites (N-methyl/N-ethyl adjacent to an activating group) is 1. The molecule has 1 saturated heterocycles. The van der Waals surface area contributed by atoms with Gasteiger partial charge in [0.2, 0.25) is 0 Å². The van der Waals surface area contributed by atoms with E-state index in [1.54, 1.807) is 0 Å². The van der Waals surface area contributed by atoms with E-state index < -0.39 is 0 Å². The van der Waals surface area contributed by atoms with Gasteiger partial charge in [-0.25, -0.2) is 0 Å². The van der Waals surface area contributed by atoms with Gasteiger partial charge in [-0.15, -0.1) is 0 Å². The van der Waals surface area contributed by atoms with E-state index in [0.29, 0.717) is 11.5 Å². The van der Waals surface area contributed by atoms with Crippen LogP contribution in [0.1, 0.15) is 52.4 Å². The van der Waals surface area contributed by atoms with Gasteiger partial charge in [0.15, 0.2) is 0 Å². The Hall–Kier alpha value is -0.120. The largest absolute Gasteiger partial charge is 0.377 e. The monoisotopic (exact) mass is 254 g/mol. The lowest BCUT2D eigenvalue weighted by Crippen LogP contribution is -2.60. The van der Waals surface area contributed by atoms with Crippen molar-refractivity contribution in [2.24, 2.45) is 11.1 Å². The molecule has 1 heterocycles. The summed E-state index contributed by atoms with van der Waals surface area (Å²) in [4.78, 5) is 2.51. The maximum Gasteiger partial charge on any atom is 0.0702 e. The van der Waals surface area contributed by atoms with Crippen molar-refractivity contribution in [2.45, 2.75) is 64.0 Å². The van der Waals surface area contributed by atoms with E-state index in [1.807, 2.05) is 0 Å². The van der Waals surface area contributed by atoms with Crippen LogP contribution < -0.4 is 5.73 Å².